The second kappa shape index (κ2) is 8.70. The maximum Gasteiger partial charge on any atom is 0.410 e. The summed E-state index contributed by atoms with van der Waals surface area (Å²) in [6, 6.07) is -0.354. The summed E-state index contributed by atoms with van der Waals surface area (Å²) < 4.78 is 19.1. The van der Waals surface area contributed by atoms with Gasteiger partial charge in [-0.15, -0.1) is 0 Å². The highest BCUT2D eigenvalue weighted by atomic mass is 79.9. The molecule has 0 spiro atoms. The monoisotopic (exact) mass is 380 g/mol. The topological polar surface area (TPSA) is 58.6 Å². The summed E-state index contributed by atoms with van der Waals surface area (Å²) in [4.78, 5) is 25.2. The minimum absolute atomic E-state index is 0.0187. The zero-order valence-electron chi connectivity index (χ0n) is 13.5. The van der Waals surface area contributed by atoms with Crippen LogP contribution < -0.4 is 5.32 Å². The number of nitrogens with one attached hydrogen (secondary N) is 1. The van der Waals surface area contributed by atoms with Gasteiger partial charge in [0.1, 0.15) is 11.8 Å². The van der Waals surface area contributed by atoms with Gasteiger partial charge < -0.3 is 15.0 Å². The molecular formula is C15H26BrFN2O3. The Kier molecular flexibility index (Phi) is 7.59. The molecule has 0 aromatic carbocycles. The number of hydrogen-bond donors (Lipinski definition) is 1. The van der Waals surface area contributed by atoms with Crippen molar-refractivity contribution in [2.75, 3.05) is 18.4 Å². The fraction of sp³-hybridized carbons (Fsp3) is 0.867. The lowest BCUT2D eigenvalue weighted by Crippen LogP contribution is -2.54. The van der Waals surface area contributed by atoms with Gasteiger partial charge in [0.25, 0.3) is 0 Å². The van der Waals surface area contributed by atoms with Crippen molar-refractivity contribution >= 4 is 27.9 Å². The van der Waals surface area contributed by atoms with Crippen LogP contribution in [0.4, 0.5) is 9.18 Å². The number of alkyl halides is 2. The van der Waals surface area contributed by atoms with Gasteiger partial charge in [-0.3, -0.25) is 4.79 Å². The zero-order valence-corrected chi connectivity index (χ0v) is 15.1. The van der Waals surface area contributed by atoms with Crippen molar-refractivity contribution in [3.63, 3.8) is 0 Å². The van der Waals surface area contributed by atoms with Crippen molar-refractivity contribution in [3.05, 3.63) is 0 Å². The molecule has 128 valence electrons. The van der Waals surface area contributed by atoms with Crippen molar-refractivity contribution in [1.82, 2.24) is 10.2 Å². The molecule has 7 heteroatoms. The number of hydrogen-bond acceptors (Lipinski definition) is 3. The first kappa shape index (κ1) is 19.2. The van der Waals surface area contributed by atoms with Gasteiger partial charge in [0.15, 0.2) is 0 Å². The number of nitrogens with zero attached hydrogens (tertiary/aromatic N) is 1. The summed E-state index contributed by atoms with van der Waals surface area (Å²) in [5, 5.41) is 3.68. The number of carbonyl (C=O) groups is 2. The number of unbranched alkanes of at least 4 members (excludes halogenated alkanes) is 1. The average molecular weight is 381 g/mol. The number of halogens is 2. The lowest BCUT2D eigenvalue weighted by Gasteiger charge is -2.36. The van der Waals surface area contributed by atoms with Crippen LogP contribution in [0.25, 0.3) is 0 Å². The first-order valence-electron chi connectivity index (χ1n) is 7.68. The summed E-state index contributed by atoms with van der Waals surface area (Å²) in [6.07, 6.45) is 0.698. The van der Waals surface area contributed by atoms with Gasteiger partial charge >= 0.3 is 6.09 Å². The molecule has 0 radical (unpaired) electrons. The predicted molar refractivity (Wildman–Crippen MR) is 86.9 cm³/mol. The van der Waals surface area contributed by atoms with Crippen molar-refractivity contribution in [2.45, 2.75) is 64.3 Å². The van der Waals surface area contributed by atoms with E-state index in [9.17, 15) is 14.0 Å². The maximum atomic E-state index is 13.8. The van der Waals surface area contributed by atoms with E-state index < -0.39 is 17.9 Å². The lowest BCUT2D eigenvalue weighted by atomic mass is 10.0. The summed E-state index contributed by atoms with van der Waals surface area (Å²) in [5.41, 5.74) is -0.616. The van der Waals surface area contributed by atoms with Crippen LogP contribution in [0.5, 0.6) is 0 Å². The molecule has 1 saturated heterocycles. The Morgan fingerprint density at radius 3 is 2.59 bits per heavy atom. The van der Waals surface area contributed by atoms with Crippen LogP contribution in [-0.2, 0) is 9.53 Å². The standard InChI is InChI=1S/C15H26BrFN2O3/c1-15(2,3)22-14(21)19-9-11(17)8-12(10-19)18-13(20)6-4-5-7-16/h11-12H,4-10H2,1-3H3,(H,18,20)/t11-,12-/m0/s1. The van der Waals surface area contributed by atoms with Gasteiger partial charge in [-0.05, 0) is 33.6 Å². The van der Waals surface area contributed by atoms with Gasteiger partial charge in [-0.25, -0.2) is 9.18 Å². The molecule has 2 atom stereocenters. The number of piperidine rings is 1. The van der Waals surface area contributed by atoms with Crippen molar-refractivity contribution in [2.24, 2.45) is 0 Å². The van der Waals surface area contributed by atoms with Crippen LogP contribution in [0.3, 0.4) is 0 Å². The number of rotatable bonds is 5. The number of ether oxygens (including phenoxy) is 1. The van der Waals surface area contributed by atoms with Gasteiger partial charge in [0.2, 0.25) is 5.91 Å². The Morgan fingerprint density at radius 1 is 1.32 bits per heavy atom. The Bertz CT molecular complexity index is 387. The van der Waals surface area contributed by atoms with E-state index in [0.29, 0.717) is 13.0 Å². The smallest absolute Gasteiger partial charge is 0.410 e. The number of likely N-dealkylation sites (tertiary alicyclic amines) is 1. The Balaban J connectivity index is 2.49. The SMILES string of the molecule is CC(C)(C)OC(=O)N1C[C@@H](F)C[C@H](NC(=O)CCCCBr)C1. The van der Waals surface area contributed by atoms with E-state index in [2.05, 4.69) is 21.2 Å². The van der Waals surface area contributed by atoms with Crippen LogP contribution in [-0.4, -0.2) is 53.1 Å². The van der Waals surface area contributed by atoms with Gasteiger partial charge in [-0.1, -0.05) is 15.9 Å². The fourth-order valence-electron chi connectivity index (χ4n) is 2.30. The molecule has 0 aliphatic carbocycles. The summed E-state index contributed by atoms with van der Waals surface area (Å²) in [6.45, 7) is 5.62. The number of amides is 2. The molecule has 1 heterocycles. The quantitative estimate of drug-likeness (QED) is 0.588. The lowest BCUT2D eigenvalue weighted by molar-refractivity contribution is -0.122. The molecule has 1 aliphatic rings. The summed E-state index contributed by atoms with van der Waals surface area (Å²) in [7, 11) is 0. The second-order valence-corrected chi connectivity index (χ2v) is 7.42. The molecule has 0 aromatic heterocycles. The largest absolute Gasteiger partial charge is 0.444 e. The van der Waals surface area contributed by atoms with Crippen LogP contribution in [0.15, 0.2) is 0 Å². The normalized spacial score (nSPS) is 22.3. The molecule has 2 amide bonds. The average Bonchev–Trinajstić information content (AvgIpc) is 2.36. The van der Waals surface area contributed by atoms with Crippen LogP contribution in [0.1, 0.15) is 46.5 Å². The summed E-state index contributed by atoms with van der Waals surface area (Å²) in [5.74, 6) is -0.0933. The predicted octanol–water partition coefficient (Wildman–Crippen LogP) is 3.02. The van der Waals surface area contributed by atoms with Crippen LogP contribution >= 0.6 is 15.9 Å². The molecule has 0 bridgehead atoms. The second-order valence-electron chi connectivity index (χ2n) is 6.63. The third kappa shape index (κ3) is 7.42. The minimum Gasteiger partial charge on any atom is -0.444 e. The van der Waals surface area contributed by atoms with E-state index in [0.717, 1.165) is 18.2 Å². The minimum atomic E-state index is -1.14. The van der Waals surface area contributed by atoms with Crippen LogP contribution in [0.2, 0.25) is 0 Å². The summed E-state index contributed by atoms with van der Waals surface area (Å²) >= 11 is 3.31. The van der Waals surface area contributed by atoms with Crippen molar-refractivity contribution in [1.29, 1.82) is 0 Å². The maximum absolute atomic E-state index is 13.8. The van der Waals surface area contributed by atoms with E-state index in [1.54, 1.807) is 20.8 Å². The highest BCUT2D eigenvalue weighted by Crippen LogP contribution is 2.18. The van der Waals surface area contributed by atoms with E-state index >= 15 is 0 Å². The first-order valence-corrected chi connectivity index (χ1v) is 8.80. The highest BCUT2D eigenvalue weighted by Gasteiger charge is 2.33. The molecule has 1 N–H and O–H groups in total. The third-order valence-corrected chi connectivity index (χ3v) is 3.76. The Hall–Kier alpha value is -0.850. The molecule has 1 rings (SSSR count). The molecule has 1 aliphatic heterocycles. The Labute approximate surface area is 140 Å². The third-order valence-electron chi connectivity index (χ3n) is 3.20. The van der Waals surface area contributed by atoms with Crippen LogP contribution in [0, 0.1) is 0 Å². The van der Waals surface area contributed by atoms with Gasteiger partial charge in [-0.2, -0.15) is 0 Å². The molecule has 22 heavy (non-hydrogen) atoms. The zero-order chi connectivity index (χ0) is 16.8. The van der Waals surface area contributed by atoms with Crippen molar-refractivity contribution in [3.8, 4) is 0 Å². The molecule has 5 nitrogen and oxygen atoms in total. The van der Waals surface area contributed by atoms with E-state index in [1.807, 2.05) is 0 Å². The molecule has 0 unspecified atom stereocenters. The Morgan fingerprint density at radius 2 is 2.00 bits per heavy atom. The van der Waals surface area contributed by atoms with Gasteiger partial charge in [0.05, 0.1) is 6.54 Å². The molecule has 0 aromatic rings. The highest BCUT2D eigenvalue weighted by molar-refractivity contribution is 9.09. The fourth-order valence-corrected chi connectivity index (χ4v) is 2.69. The van der Waals surface area contributed by atoms with E-state index in [4.69, 9.17) is 4.74 Å². The molecule has 1 fully saturated rings. The number of carbonyl (C=O) groups excluding carboxylic acids is 2. The van der Waals surface area contributed by atoms with E-state index in [1.165, 1.54) is 4.90 Å². The first-order chi connectivity index (χ1) is 10.2. The molecular weight excluding hydrogens is 355 g/mol. The van der Waals surface area contributed by atoms with E-state index in [-0.39, 0.29) is 24.9 Å². The molecule has 0 saturated carbocycles. The van der Waals surface area contributed by atoms with Gasteiger partial charge in [0, 0.05) is 30.8 Å². The van der Waals surface area contributed by atoms with Crippen molar-refractivity contribution < 1.29 is 18.7 Å².